The van der Waals surface area contributed by atoms with Crippen molar-refractivity contribution in [2.75, 3.05) is 6.54 Å². The van der Waals surface area contributed by atoms with E-state index in [0.717, 1.165) is 12.0 Å². The molecular formula is C24H37NO3S. The second-order valence-electron chi connectivity index (χ2n) is 8.16. The van der Waals surface area contributed by atoms with Gasteiger partial charge in [0.15, 0.2) is 5.78 Å². The maximum Gasteiger partial charge on any atom is 0.306 e. The number of allylic oxidation sites excluding steroid dienone is 1. The third-order valence-corrected chi connectivity index (χ3v) is 6.65. The normalized spacial score (nSPS) is 15.8. The van der Waals surface area contributed by atoms with Gasteiger partial charge >= 0.3 is 5.97 Å². The predicted molar refractivity (Wildman–Crippen MR) is 123 cm³/mol. The first-order valence-corrected chi connectivity index (χ1v) is 10.9. The topological polar surface area (TPSA) is 55.4 Å². The summed E-state index contributed by atoms with van der Waals surface area (Å²) in [5, 5.41) is 3.33. The summed E-state index contributed by atoms with van der Waals surface area (Å²) in [7, 11) is 0. The Balaban J connectivity index is 2.51. The molecule has 0 amide bonds. The van der Waals surface area contributed by atoms with E-state index in [1.54, 1.807) is 12.2 Å². The number of nitrogens with one attached hydrogen (secondary N) is 1. The van der Waals surface area contributed by atoms with Crippen LogP contribution in [0, 0.1) is 11.8 Å². The van der Waals surface area contributed by atoms with E-state index in [2.05, 4.69) is 33.0 Å². The third-order valence-electron chi connectivity index (χ3n) is 5.69. The number of ether oxygens (including phenoxy) is 1. The molecule has 0 saturated carbocycles. The number of carbonyl (C=O) groups is 2. The molecular weight excluding hydrogens is 382 g/mol. The molecule has 0 heterocycles. The molecule has 2 unspecified atom stereocenters. The van der Waals surface area contributed by atoms with Crippen LogP contribution in [0.5, 0.6) is 0 Å². The number of esters is 1. The lowest BCUT2D eigenvalue weighted by atomic mass is 9.83. The number of ketones is 1. The summed E-state index contributed by atoms with van der Waals surface area (Å²) in [6.45, 7) is 11.5. The van der Waals surface area contributed by atoms with Gasteiger partial charge in [0.2, 0.25) is 0 Å². The molecule has 0 bridgehead atoms. The van der Waals surface area contributed by atoms with Crippen molar-refractivity contribution in [3.63, 3.8) is 0 Å². The molecule has 0 aromatic heterocycles. The summed E-state index contributed by atoms with van der Waals surface area (Å²) >= 11 is 4.83. The highest BCUT2D eigenvalue weighted by atomic mass is 32.1. The Morgan fingerprint density at radius 3 is 2.41 bits per heavy atom. The van der Waals surface area contributed by atoms with Gasteiger partial charge in [0, 0.05) is 11.2 Å². The first kappa shape index (κ1) is 25.4. The predicted octanol–water partition coefficient (Wildman–Crippen LogP) is 4.98. The van der Waals surface area contributed by atoms with Crippen LogP contribution in [0.3, 0.4) is 0 Å². The number of hydrogen-bond acceptors (Lipinski definition) is 5. The van der Waals surface area contributed by atoms with E-state index in [-0.39, 0.29) is 35.6 Å². The molecule has 1 rings (SSSR count). The van der Waals surface area contributed by atoms with Crippen LogP contribution in [0.25, 0.3) is 0 Å². The van der Waals surface area contributed by atoms with Crippen molar-refractivity contribution in [3.8, 4) is 0 Å². The zero-order valence-electron chi connectivity index (χ0n) is 18.5. The molecule has 0 saturated heterocycles. The lowest BCUT2D eigenvalue weighted by molar-refractivity contribution is -0.145. The minimum Gasteiger partial charge on any atom is -0.461 e. The van der Waals surface area contributed by atoms with Crippen LogP contribution in [0.1, 0.15) is 59.4 Å². The Morgan fingerprint density at radius 2 is 1.83 bits per heavy atom. The van der Waals surface area contributed by atoms with Gasteiger partial charge in [-0.25, -0.2) is 0 Å². The Kier molecular flexibility index (Phi) is 11.3. The van der Waals surface area contributed by atoms with Crippen molar-refractivity contribution in [2.45, 2.75) is 71.3 Å². The number of rotatable bonds is 13. The van der Waals surface area contributed by atoms with Gasteiger partial charge in [-0.2, -0.15) is 12.6 Å². The molecule has 1 N–H and O–H groups in total. The maximum absolute atomic E-state index is 12.4. The van der Waals surface area contributed by atoms with Gasteiger partial charge in [-0.05, 0) is 49.8 Å². The first-order valence-electron chi connectivity index (χ1n) is 10.5. The van der Waals surface area contributed by atoms with E-state index < -0.39 is 0 Å². The first-order chi connectivity index (χ1) is 13.7. The van der Waals surface area contributed by atoms with Crippen LogP contribution in [-0.2, 0) is 20.9 Å². The van der Waals surface area contributed by atoms with E-state index in [9.17, 15) is 9.59 Å². The molecule has 0 radical (unpaired) electrons. The van der Waals surface area contributed by atoms with Gasteiger partial charge in [0.25, 0.3) is 0 Å². The average molecular weight is 420 g/mol. The summed E-state index contributed by atoms with van der Waals surface area (Å²) in [6, 6.07) is 9.20. The van der Waals surface area contributed by atoms with E-state index >= 15 is 0 Å². The Labute approximate surface area is 181 Å². The molecule has 0 aliphatic rings. The fourth-order valence-electron chi connectivity index (χ4n) is 3.03. The van der Waals surface area contributed by atoms with Crippen LogP contribution in [0.4, 0.5) is 0 Å². The molecule has 0 fully saturated rings. The molecule has 0 spiro atoms. The lowest BCUT2D eigenvalue weighted by Gasteiger charge is -2.35. The smallest absolute Gasteiger partial charge is 0.306 e. The summed E-state index contributed by atoms with van der Waals surface area (Å²) in [6.07, 6.45) is 4.84. The molecule has 162 valence electrons. The minimum atomic E-state index is -0.382. The van der Waals surface area contributed by atoms with Gasteiger partial charge < -0.3 is 10.1 Å². The standard InChI is InChI=1S/C24H37NO3S/c1-6-10-22(26)21(25-16-15-19(4)24(5,29)18(2)3)13-14-23(27)28-17-20-11-8-7-9-12-20/h6-12,18-19,21,25,29H,13-17H2,1-5H3/b10-6-/t19?,21-,24?/m0/s1. The van der Waals surface area contributed by atoms with Crippen LogP contribution in [-0.4, -0.2) is 29.1 Å². The number of carbonyl (C=O) groups excluding carboxylic acids is 2. The number of benzene rings is 1. The van der Waals surface area contributed by atoms with Crippen LogP contribution >= 0.6 is 12.6 Å². The highest BCUT2D eigenvalue weighted by Gasteiger charge is 2.30. The summed E-state index contributed by atoms with van der Waals surface area (Å²) < 4.78 is 5.26. The van der Waals surface area contributed by atoms with Crippen molar-refractivity contribution in [3.05, 3.63) is 48.0 Å². The summed E-state index contributed by atoms with van der Waals surface area (Å²) in [5.74, 6) is 0.561. The van der Waals surface area contributed by atoms with Crippen LogP contribution in [0.2, 0.25) is 0 Å². The van der Waals surface area contributed by atoms with Gasteiger partial charge in [0.05, 0.1) is 6.04 Å². The molecule has 29 heavy (non-hydrogen) atoms. The monoisotopic (exact) mass is 419 g/mol. The maximum atomic E-state index is 12.4. The second kappa shape index (κ2) is 12.9. The largest absolute Gasteiger partial charge is 0.461 e. The van der Waals surface area contributed by atoms with E-state index in [1.807, 2.05) is 37.3 Å². The second-order valence-corrected chi connectivity index (χ2v) is 9.13. The quantitative estimate of drug-likeness (QED) is 0.269. The SMILES string of the molecule is C/C=C\C(=O)[C@H](CCC(=O)OCc1ccccc1)NCCC(C)C(C)(S)C(C)C. The van der Waals surface area contributed by atoms with Crippen molar-refractivity contribution < 1.29 is 14.3 Å². The molecule has 1 aromatic carbocycles. The molecule has 0 aliphatic carbocycles. The van der Waals surface area contributed by atoms with Crippen molar-refractivity contribution in [1.82, 2.24) is 5.32 Å². The molecule has 3 atom stereocenters. The average Bonchev–Trinajstić information content (AvgIpc) is 2.69. The van der Waals surface area contributed by atoms with Crippen LogP contribution in [0.15, 0.2) is 42.5 Å². The molecule has 5 heteroatoms. The van der Waals surface area contributed by atoms with Gasteiger partial charge in [-0.3, -0.25) is 9.59 Å². The van der Waals surface area contributed by atoms with Crippen LogP contribution < -0.4 is 5.32 Å². The van der Waals surface area contributed by atoms with E-state index in [4.69, 9.17) is 17.4 Å². The van der Waals surface area contributed by atoms with Gasteiger partial charge in [0.1, 0.15) is 6.61 Å². The molecule has 4 nitrogen and oxygen atoms in total. The highest BCUT2D eigenvalue weighted by Crippen LogP contribution is 2.34. The fraction of sp³-hybridized carbons (Fsp3) is 0.583. The molecule has 0 aliphatic heterocycles. The molecule has 1 aromatic rings. The minimum absolute atomic E-state index is 0.00601. The summed E-state index contributed by atoms with van der Waals surface area (Å²) in [4.78, 5) is 24.5. The zero-order chi connectivity index (χ0) is 21.9. The van der Waals surface area contributed by atoms with Gasteiger partial charge in [-0.15, -0.1) is 0 Å². The lowest BCUT2D eigenvalue weighted by Crippen LogP contribution is -2.40. The van der Waals surface area contributed by atoms with E-state index in [0.29, 0.717) is 24.8 Å². The Morgan fingerprint density at radius 1 is 1.17 bits per heavy atom. The van der Waals surface area contributed by atoms with Crippen molar-refractivity contribution >= 4 is 24.4 Å². The zero-order valence-corrected chi connectivity index (χ0v) is 19.4. The summed E-state index contributed by atoms with van der Waals surface area (Å²) in [5.41, 5.74) is 0.953. The van der Waals surface area contributed by atoms with E-state index in [1.165, 1.54) is 0 Å². The van der Waals surface area contributed by atoms with Gasteiger partial charge in [-0.1, -0.05) is 64.1 Å². The Hall–Kier alpha value is -1.59. The third kappa shape index (κ3) is 9.18. The fourth-order valence-corrected chi connectivity index (χ4v) is 3.16. The number of thiol groups is 1. The highest BCUT2D eigenvalue weighted by molar-refractivity contribution is 7.81. The number of hydrogen-bond donors (Lipinski definition) is 2. The van der Waals surface area contributed by atoms with Crippen molar-refractivity contribution in [1.29, 1.82) is 0 Å². The van der Waals surface area contributed by atoms with Crippen molar-refractivity contribution in [2.24, 2.45) is 11.8 Å². The Bertz CT molecular complexity index is 655.